The first-order valence-corrected chi connectivity index (χ1v) is 15.7. The van der Waals surface area contributed by atoms with E-state index in [1.54, 1.807) is 0 Å². The number of hydrogen-bond acceptors (Lipinski definition) is 7. The predicted octanol–water partition coefficient (Wildman–Crippen LogP) is 0.410. The first-order valence-electron chi connectivity index (χ1n) is 15.7. The second-order valence-electron chi connectivity index (χ2n) is 12.2. The van der Waals surface area contributed by atoms with Crippen molar-refractivity contribution in [3.63, 3.8) is 0 Å². The summed E-state index contributed by atoms with van der Waals surface area (Å²) < 4.78 is 0. The van der Waals surface area contributed by atoms with Crippen LogP contribution in [0.2, 0.25) is 0 Å². The zero-order valence-corrected chi connectivity index (χ0v) is 27.4. The van der Waals surface area contributed by atoms with Crippen molar-refractivity contribution < 1.29 is 28.8 Å². The molecule has 2 rings (SSSR count). The van der Waals surface area contributed by atoms with Gasteiger partial charge >= 0.3 is 0 Å². The molecular formula is C32H51N7O6. The third kappa shape index (κ3) is 11.8. The Morgan fingerprint density at radius 1 is 0.867 bits per heavy atom. The second-order valence-corrected chi connectivity index (χ2v) is 12.2. The Hall–Kier alpha value is -4.00. The average Bonchev–Trinajstić information content (AvgIpc) is 3.48. The molecule has 6 amide bonds. The highest BCUT2D eigenvalue weighted by Gasteiger charge is 2.34. The van der Waals surface area contributed by atoms with Gasteiger partial charge in [0, 0.05) is 39.1 Å². The fraction of sp³-hybridized carbons (Fsp3) is 0.625. The van der Waals surface area contributed by atoms with E-state index in [0.29, 0.717) is 32.4 Å². The van der Waals surface area contributed by atoms with Crippen LogP contribution in [0, 0.1) is 5.92 Å². The molecule has 1 aliphatic heterocycles. The van der Waals surface area contributed by atoms with E-state index in [4.69, 9.17) is 11.5 Å². The Bertz CT molecular complexity index is 1180. The van der Waals surface area contributed by atoms with Gasteiger partial charge in [-0.05, 0) is 51.1 Å². The number of carbonyl (C=O) groups is 6. The predicted molar refractivity (Wildman–Crippen MR) is 170 cm³/mol. The zero-order chi connectivity index (χ0) is 33.7. The van der Waals surface area contributed by atoms with Crippen molar-refractivity contribution in [1.29, 1.82) is 0 Å². The molecule has 0 spiro atoms. The minimum atomic E-state index is -0.711. The number of likely N-dealkylation sites (tertiary alicyclic amines) is 1. The molecule has 1 aliphatic rings. The Labute approximate surface area is 266 Å². The van der Waals surface area contributed by atoms with Gasteiger partial charge < -0.3 is 36.0 Å². The van der Waals surface area contributed by atoms with Crippen LogP contribution < -0.4 is 11.5 Å². The van der Waals surface area contributed by atoms with E-state index < -0.39 is 23.8 Å². The maximum Gasteiger partial charge on any atom is 0.242 e. The number of benzene rings is 1. The Morgan fingerprint density at radius 2 is 1.47 bits per heavy atom. The Kier molecular flexibility index (Phi) is 14.9. The molecule has 13 heteroatoms. The molecule has 0 bridgehead atoms. The van der Waals surface area contributed by atoms with Crippen molar-refractivity contribution >= 4 is 35.4 Å². The van der Waals surface area contributed by atoms with Gasteiger partial charge in [0.2, 0.25) is 35.4 Å². The van der Waals surface area contributed by atoms with Crippen LogP contribution in [0.4, 0.5) is 0 Å². The van der Waals surface area contributed by atoms with Crippen molar-refractivity contribution in [2.24, 2.45) is 17.4 Å². The molecular weight excluding hydrogens is 578 g/mol. The van der Waals surface area contributed by atoms with Gasteiger partial charge in [-0.1, -0.05) is 44.2 Å². The number of carbonyl (C=O) groups excluding carboxylic acids is 6. The minimum absolute atomic E-state index is 0.00854. The van der Waals surface area contributed by atoms with Crippen molar-refractivity contribution in [2.45, 2.75) is 72.5 Å². The van der Waals surface area contributed by atoms with Crippen LogP contribution in [-0.2, 0) is 35.3 Å². The van der Waals surface area contributed by atoms with Gasteiger partial charge in [0.05, 0.1) is 19.6 Å². The number of rotatable bonds is 17. The van der Waals surface area contributed by atoms with Crippen molar-refractivity contribution in [2.75, 3.05) is 52.4 Å². The van der Waals surface area contributed by atoms with Crippen molar-refractivity contribution in [3.05, 3.63) is 35.9 Å². The normalized spacial score (nSPS) is 14.4. The molecule has 1 atom stereocenters. The lowest BCUT2D eigenvalue weighted by Crippen LogP contribution is -2.52. The van der Waals surface area contributed by atoms with Gasteiger partial charge in [-0.3, -0.25) is 28.8 Å². The average molecular weight is 630 g/mol. The summed E-state index contributed by atoms with van der Waals surface area (Å²) in [6.07, 6.45) is 1.58. The molecule has 4 N–H and O–H groups in total. The smallest absolute Gasteiger partial charge is 0.242 e. The van der Waals surface area contributed by atoms with E-state index in [9.17, 15) is 28.8 Å². The highest BCUT2D eigenvalue weighted by atomic mass is 16.2. The fourth-order valence-electron chi connectivity index (χ4n) is 5.35. The van der Waals surface area contributed by atoms with E-state index in [-0.39, 0.29) is 75.5 Å². The maximum atomic E-state index is 13.8. The number of primary amides is 1. The lowest BCUT2D eigenvalue weighted by atomic mass is 10.2. The first-order chi connectivity index (χ1) is 21.2. The summed E-state index contributed by atoms with van der Waals surface area (Å²) in [5, 5.41) is 0. The van der Waals surface area contributed by atoms with Crippen LogP contribution >= 0.6 is 0 Å². The van der Waals surface area contributed by atoms with Gasteiger partial charge in [0.25, 0.3) is 0 Å². The third-order valence-corrected chi connectivity index (χ3v) is 7.71. The zero-order valence-electron chi connectivity index (χ0n) is 27.4. The molecule has 45 heavy (non-hydrogen) atoms. The quantitative estimate of drug-likeness (QED) is 0.251. The fourth-order valence-corrected chi connectivity index (χ4v) is 5.35. The highest BCUT2D eigenvalue weighted by Crippen LogP contribution is 2.18. The summed E-state index contributed by atoms with van der Waals surface area (Å²) in [4.78, 5) is 85.2. The lowest BCUT2D eigenvalue weighted by molar-refractivity contribution is -0.148. The monoisotopic (exact) mass is 629 g/mol. The molecule has 0 aromatic heterocycles. The summed E-state index contributed by atoms with van der Waals surface area (Å²) in [7, 11) is 0. The van der Waals surface area contributed by atoms with Gasteiger partial charge in [-0.25, -0.2) is 0 Å². The molecule has 250 valence electrons. The van der Waals surface area contributed by atoms with E-state index in [1.165, 1.54) is 31.4 Å². The summed E-state index contributed by atoms with van der Waals surface area (Å²) in [6.45, 7) is 9.08. The van der Waals surface area contributed by atoms with E-state index >= 15 is 0 Å². The first kappa shape index (κ1) is 37.2. The van der Waals surface area contributed by atoms with Gasteiger partial charge in [0.1, 0.15) is 12.6 Å². The van der Waals surface area contributed by atoms with Crippen molar-refractivity contribution in [1.82, 2.24) is 24.5 Å². The molecule has 1 aromatic rings. The van der Waals surface area contributed by atoms with Crippen LogP contribution in [0.3, 0.4) is 0 Å². The molecule has 0 aliphatic carbocycles. The standard InChI is InChI=1S/C32H51N7O6/c1-23(2)17-36(28(41)19-35(15-10-14-33)30(43)22-39(24(3)4)25(5)40)20-29(42)37(18-26-11-7-6-8-12-26)21-31(44)38-16-9-13-27(38)32(34)45/h6-8,11-12,23-24,27H,9-10,13-22,33H2,1-5H3,(H2,34,45). The van der Waals surface area contributed by atoms with Crippen LogP contribution in [0.1, 0.15) is 59.4 Å². The number of hydrogen-bond donors (Lipinski definition) is 2. The largest absolute Gasteiger partial charge is 0.368 e. The SMILES string of the molecule is CC(=O)N(CC(=O)N(CCCN)CC(=O)N(CC(=O)N(CC(=O)N1CCCC1C(N)=O)Cc1ccccc1)CC(C)C)C(C)C. The summed E-state index contributed by atoms with van der Waals surface area (Å²) in [6, 6.07) is 8.27. The van der Waals surface area contributed by atoms with Crippen LogP contribution in [0.5, 0.6) is 0 Å². The number of nitrogens with zero attached hydrogens (tertiary/aromatic N) is 5. The van der Waals surface area contributed by atoms with Gasteiger partial charge in [0.15, 0.2) is 0 Å². The Morgan fingerprint density at radius 3 is 2.02 bits per heavy atom. The lowest BCUT2D eigenvalue weighted by Gasteiger charge is -2.33. The van der Waals surface area contributed by atoms with Crippen molar-refractivity contribution in [3.8, 4) is 0 Å². The third-order valence-electron chi connectivity index (χ3n) is 7.71. The molecule has 13 nitrogen and oxygen atoms in total. The molecule has 1 aromatic carbocycles. The van der Waals surface area contributed by atoms with E-state index in [2.05, 4.69) is 0 Å². The maximum absolute atomic E-state index is 13.8. The highest BCUT2D eigenvalue weighted by molar-refractivity contribution is 5.92. The molecule has 0 radical (unpaired) electrons. The molecule has 1 heterocycles. The van der Waals surface area contributed by atoms with Crippen LogP contribution in [0.25, 0.3) is 0 Å². The van der Waals surface area contributed by atoms with E-state index in [0.717, 1.165) is 5.56 Å². The topological polar surface area (TPSA) is 171 Å². The molecule has 1 fully saturated rings. The number of nitrogens with two attached hydrogens (primary N) is 2. The Balaban J connectivity index is 2.28. The summed E-state index contributed by atoms with van der Waals surface area (Å²) in [5.74, 6) is -2.47. The second kappa shape index (κ2) is 18.1. The molecule has 1 saturated heterocycles. The van der Waals surface area contributed by atoms with Gasteiger partial charge in [-0.15, -0.1) is 0 Å². The van der Waals surface area contributed by atoms with Crippen LogP contribution in [-0.4, -0.2) is 124 Å². The molecule has 1 unspecified atom stereocenters. The van der Waals surface area contributed by atoms with E-state index in [1.807, 2.05) is 58.0 Å². The van der Waals surface area contributed by atoms with Gasteiger partial charge in [-0.2, -0.15) is 0 Å². The summed E-state index contributed by atoms with van der Waals surface area (Å²) in [5.41, 5.74) is 12.0. The molecule has 0 saturated carbocycles. The minimum Gasteiger partial charge on any atom is -0.368 e. The van der Waals surface area contributed by atoms with Crippen LogP contribution in [0.15, 0.2) is 30.3 Å². The number of amides is 6. The summed E-state index contributed by atoms with van der Waals surface area (Å²) >= 11 is 0.